The molecular formula is C29H23N3O2. The van der Waals surface area contributed by atoms with Crippen molar-refractivity contribution in [3.8, 4) is 6.07 Å². The van der Waals surface area contributed by atoms with E-state index < -0.39 is 5.97 Å². The second-order valence-electron chi connectivity index (χ2n) is 8.52. The van der Waals surface area contributed by atoms with E-state index in [1.807, 2.05) is 42.5 Å². The summed E-state index contributed by atoms with van der Waals surface area (Å²) in [5, 5.41) is 26.4. The molecule has 34 heavy (non-hydrogen) atoms. The molecule has 1 heterocycles. The van der Waals surface area contributed by atoms with Crippen molar-refractivity contribution in [3.05, 3.63) is 107 Å². The van der Waals surface area contributed by atoms with Gasteiger partial charge in [-0.05, 0) is 70.4 Å². The summed E-state index contributed by atoms with van der Waals surface area (Å²) in [6.07, 6.45) is 6.24. The molecule has 0 spiro atoms. The zero-order chi connectivity index (χ0) is 23.5. The highest BCUT2D eigenvalue weighted by molar-refractivity contribution is 6.01. The molecule has 2 N–H and O–H groups in total. The van der Waals surface area contributed by atoms with Crippen LogP contribution < -0.4 is 0 Å². The van der Waals surface area contributed by atoms with Crippen LogP contribution in [0.5, 0.6) is 0 Å². The molecule has 5 rings (SSSR count). The van der Waals surface area contributed by atoms with Crippen LogP contribution in [0.1, 0.15) is 47.2 Å². The number of carbonyl (C=O) groups is 1. The standard InChI is InChI=1S/C29H23N3O2/c30-18-26-24-17-23(14-15-25(24)31-32-26)29(22-12-9-19(10-13-22)11-16-27(33)34)28(21-7-4-8-21)20-5-2-1-3-6-20/h1-3,5-6,9-17,21H,4,7-8H2,(H,31,32)(H,33,34)/b16-11+,29-28-. The van der Waals surface area contributed by atoms with Gasteiger partial charge in [0.25, 0.3) is 0 Å². The molecule has 5 nitrogen and oxygen atoms in total. The maximum Gasteiger partial charge on any atom is 0.328 e. The first-order valence-corrected chi connectivity index (χ1v) is 11.3. The minimum absolute atomic E-state index is 0.385. The number of hydrogen-bond acceptors (Lipinski definition) is 3. The van der Waals surface area contributed by atoms with Crippen LogP contribution in [-0.2, 0) is 4.79 Å². The first-order chi connectivity index (χ1) is 16.6. The van der Waals surface area contributed by atoms with Crippen molar-refractivity contribution in [1.29, 1.82) is 5.26 Å². The molecule has 1 aliphatic carbocycles. The molecule has 0 atom stereocenters. The third-order valence-corrected chi connectivity index (χ3v) is 6.44. The van der Waals surface area contributed by atoms with Crippen molar-refractivity contribution in [1.82, 2.24) is 10.2 Å². The van der Waals surface area contributed by atoms with E-state index >= 15 is 0 Å². The van der Waals surface area contributed by atoms with Gasteiger partial charge in [0.15, 0.2) is 5.69 Å². The maximum atomic E-state index is 10.9. The Labute approximate surface area is 197 Å². The molecule has 1 fully saturated rings. The van der Waals surface area contributed by atoms with Gasteiger partial charge in [0.05, 0.1) is 5.52 Å². The van der Waals surface area contributed by atoms with Crippen molar-refractivity contribution in [2.45, 2.75) is 19.3 Å². The smallest absolute Gasteiger partial charge is 0.328 e. The molecule has 0 unspecified atom stereocenters. The summed E-state index contributed by atoms with van der Waals surface area (Å²) in [5.41, 5.74) is 7.77. The lowest BCUT2D eigenvalue weighted by molar-refractivity contribution is -0.131. The van der Waals surface area contributed by atoms with Crippen LogP contribution in [0.15, 0.2) is 78.9 Å². The topological polar surface area (TPSA) is 89.8 Å². The van der Waals surface area contributed by atoms with E-state index in [1.54, 1.807) is 6.08 Å². The van der Waals surface area contributed by atoms with E-state index in [4.69, 9.17) is 5.11 Å². The number of nitrogens with zero attached hydrogens (tertiary/aromatic N) is 2. The van der Waals surface area contributed by atoms with Gasteiger partial charge in [-0.25, -0.2) is 4.79 Å². The average Bonchev–Trinajstić information content (AvgIpc) is 3.25. The quantitative estimate of drug-likeness (QED) is 0.269. The SMILES string of the molecule is N#Cc1n[nH]c2ccc(/C(=C(/c3ccccc3)C3CCC3)c3ccc(/C=C/C(=O)O)cc3)cc12. The number of carboxylic acid groups (broad SMARTS) is 1. The molecule has 0 bridgehead atoms. The fraction of sp³-hybridized carbons (Fsp3) is 0.138. The zero-order valence-corrected chi connectivity index (χ0v) is 18.5. The van der Waals surface area contributed by atoms with Crippen LogP contribution in [0.2, 0.25) is 0 Å². The summed E-state index contributed by atoms with van der Waals surface area (Å²) in [7, 11) is 0. The molecule has 5 heteroatoms. The monoisotopic (exact) mass is 445 g/mol. The highest BCUT2D eigenvalue weighted by Crippen LogP contribution is 2.45. The first kappa shape index (κ1) is 21.4. The fourth-order valence-electron chi connectivity index (χ4n) is 4.56. The summed E-state index contributed by atoms with van der Waals surface area (Å²) in [4.78, 5) is 10.9. The van der Waals surface area contributed by atoms with Gasteiger partial charge in [-0.3, -0.25) is 5.10 Å². The average molecular weight is 446 g/mol. The summed E-state index contributed by atoms with van der Waals surface area (Å²) in [6.45, 7) is 0. The largest absolute Gasteiger partial charge is 0.478 e. The molecule has 0 amide bonds. The molecule has 0 saturated heterocycles. The van der Waals surface area contributed by atoms with E-state index in [-0.39, 0.29) is 0 Å². The van der Waals surface area contributed by atoms with Crippen molar-refractivity contribution < 1.29 is 9.90 Å². The van der Waals surface area contributed by atoms with E-state index in [0.717, 1.165) is 52.1 Å². The number of aromatic nitrogens is 2. The Morgan fingerprint density at radius 2 is 1.74 bits per heavy atom. The summed E-state index contributed by atoms with van der Waals surface area (Å²) < 4.78 is 0. The Morgan fingerprint density at radius 1 is 1.00 bits per heavy atom. The number of allylic oxidation sites excluding steroid dienone is 1. The number of fused-ring (bicyclic) bond motifs is 1. The normalized spacial score (nSPS) is 14.6. The molecule has 166 valence electrons. The van der Waals surface area contributed by atoms with Gasteiger partial charge in [-0.2, -0.15) is 10.4 Å². The number of aromatic amines is 1. The van der Waals surface area contributed by atoms with Crippen LogP contribution in [0.3, 0.4) is 0 Å². The predicted octanol–water partition coefficient (Wildman–Crippen LogP) is 6.29. The first-order valence-electron chi connectivity index (χ1n) is 11.3. The van der Waals surface area contributed by atoms with E-state index in [1.165, 1.54) is 17.6 Å². The van der Waals surface area contributed by atoms with Gasteiger partial charge >= 0.3 is 5.97 Å². The fourth-order valence-corrected chi connectivity index (χ4v) is 4.56. The number of hydrogen-bond donors (Lipinski definition) is 2. The molecule has 0 radical (unpaired) electrons. The summed E-state index contributed by atoms with van der Waals surface area (Å²) in [5.74, 6) is -0.512. The lowest BCUT2D eigenvalue weighted by atomic mass is 9.73. The number of H-pyrrole nitrogens is 1. The number of nitrogens with one attached hydrogen (secondary N) is 1. The van der Waals surface area contributed by atoms with Gasteiger partial charge in [0, 0.05) is 11.5 Å². The minimum Gasteiger partial charge on any atom is -0.478 e. The van der Waals surface area contributed by atoms with Crippen molar-refractivity contribution in [3.63, 3.8) is 0 Å². The second-order valence-corrected chi connectivity index (χ2v) is 8.52. The Balaban J connectivity index is 1.74. The van der Waals surface area contributed by atoms with Gasteiger partial charge in [-0.15, -0.1) is 0 Å². The lowest BCUT2D eigenvalue weighted by Crippen LogP contribution is -2.15. The highest BCUT2D eigenvalue weighted by Gasteiger charge is 2.27. The van der Waals surface area contributed by atoms with Crippen molar-refractivity contribution in [2.75, 3.05) is 0 Å². The van der Waals surface area contributed by atoms with Gasteiger partial charge in [0.2, 0.25) is 0 Å². The summed E-state index contributed by atoms with van der Waals surface area (Å²) in [6, 6.07) is 26.7. The van der Waals surface area contributed by atoms with E-state index in [2.05, 4.69) is 46.6 Å². The second kappa shape index (κ2) is 9.21. The molecule has 1 aromatic heterocycles. The number of benzene rings is 3. The zero-order valence-electron chi connectivity index (χ0n) is 18.5. The van der Waals surface area contributed by atoms with Crippen LogP contribution in [-0.4, -0.2) is 21.3 Å². The number of nitriles is 1. The molecule has 1 saturated carbocycles. The van der Waals surface area contributed by atoms with Crippen molar-refractivity contribution in [2.24, 2.45) is 5.92 Å². The number of rotatable bonds is 6. The van der Waals surface area contributed by atoms with Gasteiger partial charge < -0.3 is 5.11 Å². The van der Waals surface area contributed by atoms with Gasteiger partial charge in [0.1, 0.15) is 6.07 Å². The van der Waals surface area contributed by atoms with Crippen LogP contribution in [0, 0.1) is 17.2 Å². The van der Waals surface area contributed by atoms with E-state index in [0.29, 0.717) is 11.6 Å². The molecule has 4 aromatic rings. The van der Waals surface area contributed by atoms with Crippen molar-refractivity contribution >= 4 is 34.1 Å². The lowest BCUT2D eigenvalue weighted by Gasteiger charge is -2.31. The Bertz CT molecular complexity index is 1450. The molecule has 0 aliphatic heterocycles. The predicted molar refractivity (Wildman–Crippen MR) is 134 cm³/mol. The van der Waals surface area contributed by atoms with Crippen LogP contribution in [0.25, 0.3) is 28.1 Å². The highest BCUT2D eigenvalue weighted by atomic mass is 16.4. The summed E-state index contributed by atoms with van der Waals surface area (Å²) >= 11 is 0. The van der Waals surface area contributed by atoms with Gasteiger partial charge in [-0.1, -0.05) is 67.1 Å². The number of aliphatic carboxylic acids is 1. The Hall–Kier alpha value is -4.43. The maximum absolute atomic E-state index is 10.9. The third kappa shape index (κ3) is 4.14. The minimum atomic E-state index is -0.970. The Morgan fingerprint density at radius 3 is 2.38 bits per heavy atom. The van der Waals surface area contributed by atoms with Crippen LogP contribution in [0.4, 0.5) is 0 Å². The van der Waals surface area contributed by atoms with Crippen LogP contribution >= 0.6 is 0 Å². The Kier molecular flexibility index (Phi) is 5.80. The molecule has 1 aliphatic rings. The number of carboxylic acids is 1. The van der Waals surface area contributed by atoms with E-state index in [9.17, 15) is 10.1 Å². The molecular weight excluding hydrogens is 422 g/mol. The third-order valence-electron chi connectivity index (χ3n) is 6.44. The molecule has 3 aromatic carbocycles.